The minimum absolute atomic E-state index is 0.109. The van der Waals surface area contributed by atoms with Gasteiger partial charge < -0.3 is 14.4 Å². The molecule has 0 aliphatic carbocycles. The lowest BCUT2D eigenvalue weighted by Crippen LogP contribution is -2.37. The Bertz CT molecular complexity index is 253. The van der Waals surface area contributed by atoms with E-state index >= 15 is 0 Å². The Labute approximate surface area is 104 Å². The van der Waals surface area contributed by atoms with Crippen LogP contribution in [0.2, 0.25) is 0 Å². The molecule has 0 aromatic heterocycles. The summed E-state index contributed by atoms with van der Waals surface area (Å²) in [7, 11) is 0. The highest BCUT2D eigenvalue weighted by molar-refractivity contribution is 5.74. The summed E-state index contributed by atoms with van der Waals surface area (Å²) in [5, 5.41) is 0. The van der Waals surface area contributed by atoms with E-state index in [1.807, 2.05) is 32.6 Å². The van der Waals surface area contributed by atoms with Gasteiger partial charge in [0, 0.05) is 13.5 Å². The first-order valence-corrected chi connectivity index (χ1v) is 6.44. The zero-order valence-corrected chi connectivity index (χ0v) is 11.6. The molecule has 1 heterocycles. The smallest absolute Gasteiger partial charge is 0.219 e. The SMILES string of the molecule is CC(=O)N1C[C@H](OC(C)C)CC1COC(C)C. The lowest BCUT2D eigenvalue weighted by Gasteiger charge is -2.23. The fourth-order valence-electron chi connectivity index (χ4n) is 2.20. The van der Waals surface area contributed by atoms with Crippen LogP contribution < -0.4 is 0 Å². The Morgan fingerprint density at radius 2 is 1.94 bits per heavy atom. The molecule has 1 rings (SSSR count). The minimum atomic E-state index is 0.109. The molecular formula is C13H25NO3. The molecule has 0 spiro atoms. The lowest BCUT2D eigenvalue weighted by atomic mass is 10.2. The van der Waals surface area contributed by atoms with Crippen molar-refractivity contribution in [2.45, 2.75) is 65.4 Å². The van der Waals surface area contributed by atoms with Gasteiger partial charge in [0.1, 0.15) is 0 Å². The summed E-state index contributed by atoms with van der Waals surface area (Å²) in [5.74, 6) is 0.109. The van der Waals surface area contributed by atoms with Gasteiger partial charge >= 0.3 is 0 Å². The summed E-state index contributed by atoms with van der Waals surface area (Å²) in [4.78, 5) is 13.4. The first kappa shape index (κ1) is 14.5. The summed E-state index contributed by atoms with van der Waals surface area (Å²) in [6, 6.07) is 0.165. The summed E-state index contributed by atoms with van der Waals surface area (Å²) < 4.78 is 11.4. The molecule has 0 radical (unpaired) electrons. The Balaban J connectivity index is 2.51. The van der Waals surface area contributed by atoms with Gasteiger partial charge in [-0.15, -0.1) is 0 Å². The Morgan fingerprint density at radius 3 is 2.41 bits per heavy atom. The van der Waals surface area contributed by atoms with Crippen molar-refractivity contribution >= 4 is 5.91 Å². The molecule has 0 saturated carbocycles. The summed E-state index contributed by atoms with van der Waals surface area (Å²) in [6.07, 6.45) is 1.44. The fourth-order valence-corrected chi connectivity index (χ4v) is 2.20. The van der Waals surface area contributed by atoms with E-state index < -0.39 is 0 Å². The van der Waals surface area contributed by atoms with Crippen LogP contribution in [0, 0.1) is 0 Å². The molecule has 1 unspecified atom stereocenters. The van der Waals surface area contributed by atoms with E-state index in [0.717, 1.165) is 6.42 Å². The highest BCUT2D eigenvalue weighted by Gasteiger charge is 2.34. The standard InChI is InChI=1S/C13H25NO3/c1-9(2)16-8-12-6-13(17-10(3)4)7-14(12)11(5)15/h9-10,12-13H,6-8H2,1-5H3/t12?,13-/m1/s1. The first-order chi connectivity index (χ1) is 7.90. The van der Waals surface area contributed by atoms with Gasteiger partial charge in [-0.1, -0.05) is 0 Å². The lowest BCUT2D eigenvalue weighted by molar-refractivity contribution is -0.131. The molecule has 1 saturated heterocycles. The molecule has 1 aliphatic rings. The monoisotopic (exact) mass is 243 g/mol. The van der Waals surface area contributed by atoms with Crippen molar-refractivity contribution in [2.75, 3.05) is 13.2 Å². The number of carbonyl (C=O) groups is 1. The van der Waals surface area contributed by atoms with Crippen molar-refractivity contribution in [3.8, 4) is 0 Å². The van der Waals surface area contributed by atoms with Crippen molar-refractivity contribution in [1.82, 2.24) is 4.90 Å². The quantitative estimate of drug-likeness (QED) is 0.739. The van der Waals surface area contributed by atoms with Gasteiger partial charge in [0.2, 0.25) is 5.91 Å². The number of hydrogen-bond donors (Lipinski definition) is 0. The molecule has 1 amide bonds. The minimum Gasteiger partial charge on any atom is -0.377 e. The number of hydrogen-bond acceptors (Lipinski definition) is 3. The van der Waals surface area contributed by atoms with Crippen LogP contribution >= 0.6 is 0 Å². The van der Waals surface area contributed by atoms with Gasteiger partial charge in [0.15, 0.2) is 0 Å². The van der Waals surface area contributed by atoms with E-state index in [1.165, 1.54) is 0 Å². The number of likely N-dealkylation sites (tertiary alicyclic amines) is 1. The number of amides is 1. The molecule has 1 fully saturated rings. The third kappa shape index (κ3) is 4.64. The van der Waals surface area contributed by atoms with Crippen LogP contribution in [0.3, 0.4) is 0 Å². The molecule has 1 aliphatic heterocycles. The highest BCUT2D eigenvalue weighted by atomic mass is 16.5. The van der Waals surface area contributed by atoms with Crippen LogP contribution in [-0.2, 0) is 14.3 Å². The molecule has 4 nitrogen and oxygen atoms in total. The predicted molar refractivity (Wildman–Crippen MR) is 66.9 cm³/mol. The van der Waals surface area contributed by atoms with E-state index in [1.54, 1.807) is 6.92 Å². The summed E-state index contributed by atoms with van der Waals surface area (Å²) in [6.45, 7) is 11.0. The van der Waals surface area contributed by atoms with E-state index in [9.17, 15) is 4.79 Å². The second-order valence-electron chi connectivity index (χ2n) is 5.25. The first-order valence-electron chi connectivity index (χ1n) is 6.44. The molecule has 0 aromatic rings. The van der Waals surface area contributed by atoms with E-state index in [2.05, 4.69) is 0 Å². The van der Waals surface area contributed by atoms with Crippen LogP contribution in [0.15, 0.2) is 0 Å². The Hall–Kier alpha value is -0.610. The highest BCUT2D eigenvalue weighted by Crippen LogP contribution is 2.22. The maximum absolute atomic E-state index is 11.5. The van der Waals surface area contributed by atoms with E-state index in [-0.39, 0.29) is 30.3 Å². The topological polar surface area (TPSA) is 38.8 Å². The molecule has 2 atom stereocenters. The largest absolute Gasteiger partial charge is 0.377 e. The molecule has 0 N–H and O–H groups in total. The molecule has 4 heteroatoms. The number of ether oxygens (including phenoxy) is 2. The number of nitrogens with zero attached hydrogens (tertiary/aromatic N) is 1. The van der Waals surface area contributed by atoms with Gasteiger partial charge in [-0.25, -0.2) is 0 Å². The third-order valence-corrected chi connectivity index (χ3v) is 2.87. The Morgan fingerprint density at radius 1 is 1.29 bits per heavy atom. The van der Waals surface area contributed by atoms with Gasteiger partial charge in [-0.2, -0.15) is 0 Å². The second kappa shape index (κ2) is 6.36. The summed E-state index contributed by atoms with van der Waals surface area (Å²) in [5.41, 5.74) is 0. The average molecular weight is 243 g/mol. The Kier molecular flexibility index (Phi) is 5.40. The van der Waals surface area contributed by atoms with Crippen LogP contribution in [0.4, 0.5) is 0 Å². The van der Waals surface area contributed by atoms with Gasteiger partial charge in [-0.05, 0) is 34.1 Å². The van der Waals surface area contributed by atoms with Crippen molar-refractivity contribution in [2.24, 2.45) is 0 Å². The number of carbonyl (C=O) groups excluding carboxylic acids is 1. The normalized spacial score (nSPS) is 25.0. The van der Waals surface area contributed by atoms with Crippen molar-refractivity contribution in [3.05, 3.63) is 0 Å². The molecular weight excluding hydrogens is 218 g/mol. The third-order valence-electron chi connectivity index (χ3n) is 2.87. The van der Waals surface area contributed by atoms with Crippen LogP contribution in [0.25, 0.3) is 0 Å². The van der Waals surface area contributed by atoms with Gasteiger partial charge in [0.25, 0.3) is 0 Å². The molecule has 17 heavy (non-hydrogen) atoms. The van der Waals surface area contributed by atoms with Crippen molar-refractivity contribution in [3.63, 3.8) is 0 Å². The number of rotatable bonds is 5. The average Bonchev–Trinajstić information content (AvgIpc) is 2.57. The summed E-state index contributed by atoms with van der Waals surface area (Å²) >= 11 is 0. The van der Waals surface area contributed by atoms with Gasteiger partial charge in [0.05, 0.1) is 31.0 Å². The zero-order valence-electron chi connectivity index (χ0n) is 11.6. The maximum Gasteiger partial charge on any atom is 0.219 e. The van der Waals surface area contributed by atoms with Crippen molar-refractivity contribution in [1.29, 1.82) is 0 Å². The molecule has 100 valence electrons. The fraction of sp³-hybridized carbons (Fsp3) is 0.923. The maximum atomic E-state index is 11.5. The van der Waals surface area contributed by atoms with Gasteiger partial charge in [-0.3, -0.25) is 4.79 Å². The zero-order chi connectivity index (χ0) is 13.0. The van der Waals surface area contributed by atoms with Crippen LogP contribution in [0.1, 0.15) is 41.0 Å². The van der Waals surface area contributed by atoms with Crippen LogP contribution in [0.5, 0.6) is 0 Å². The van der Waals surface area contributed by atoms with E-state index in [4.69, 9.17) is 9.47 Å². The predicted octanol–water partition coefficient (Wildman–Crippen LogP) is 1.83. The second-order valence-corrected chi connectivity index (χ2v) is 5.25. The van der Waals surface area contributed by atoms with Crippen molar-refractivity contribution < 1.29 is 14.3 Å². The van der Waals surface area contributed by atoms with Crippen LogP contribution in [-0.4, -0.2) is 48.3 Å². The molecule has 0 bridgehead atoms. The van der Waals surface area contributed by atoms with E-state index in [0.29, 0.717) is 13.2 Å². The molecule has 0 aromatic carbocycles.